The Morgan fingerprint density at radius 1 is 1.08 bits per heavy atom. The number of phenolic OH excluding ortho intramolecular Hbond substituents is 1. The standard InChI is InChI=1S/C20H22O5/c1-3-20(2,19(22)23)25-18-12-10-17(11-13-18)24-14-4-5-15-6-8-16(21)9-7-15/h4-13,21H,3,14H2,1-2H3,(H,22,23)/b5-4+. The Morgan fingerprint density at radius 2 is 1.68 bits per heavy atom. The molecular formula is C20H22O5. The zero-order valence-corrected chi connectivity index (χ0v) is 14.3. The number of hydrogen-bond donors (Lipinski definition) is 2. The highest BCUT2D eigenvalue weighted by Gasteiger charge is 2.33. The van der Waals surface area contributed by atoms with Gasteiger partial charge in [0.15, 0.2) is 0 Å². The van der Waals surface area contributed by atoms with Crippen molar-refractivity contribution in [2.45, 2.75) is 25.9 Å². The van der Waals surface area contributed by atoms with Crippen LogP contribution in [-0.2, 0) is 4.79 Å². The summed E-state index contributed by atoms with van der Waals surface area (Å²) >= 11 is 0. The van der Waals surface area contributed by atoms with E-state index in [4.69, 9.17) is 9.47 Å². The van der Waals surface area contributed by atoms with Gasteiger partial charge in [-0.1, -0.05) is 25.1 Å². The van der Waals surface area contributed by atoms with Gasteiger partial charge in [0, 0.05) is 0 Å². The van der Waals surface area contributed by atoms with E-state index in [0.717, 1.165) is 5.56 Å². The van der Waals surface area contributed by atoms with Gasteiger partial charge in [-0.25, -0.2) is 4.79 Å². The SMILES string of the molecule is CCC(C)(Oc1ccc(OC/C=C/c2ccc(O)cc2)cc1)C(=O)O. The molecule has 1 atom stereocenters. The molecule has 132 valence electrons. The zero-order valence-electron chi connectivity index (χ0n) is 14.3. The van der Waals surface area contributed by atoms with E-state index in [0.29, 0.717) is 24.5 Å². The lowest BCUT2D eigenvalue weighted by molar-refractivity contribution is -0.154. The second-order valence-electron chi connectivity index (χ2n) is 5.77. The summed E-state index contributed by atoms with van der Waals surface area (Å²) in [5.41, 5.74) is -0.271. The maximum Gasteiger partial charge on any atom is 0.347 e. The molecule has 0 radical (unpaired) electrons. The first kappa shape index (κ1) is 18.4. The van der Waals surface area contributed by atoms with Crippen LogP contribution in [0.2, 0.25) is 0 Å². The van der Waals surface area contributed by atoms with Crippen molar-refractivity contribution in [3.8, 4) is 17.2 Å². The number of carboxylic acids is 1. The number of carbonyl (C=O) groups is 1. The number of aromatic hydroxyl groups is 1. The summed E-state index contributed by atoms with van der Waals surface area (Å²) in [5.74, 6) is 0.391. The van der Waals surface area contributed by atoms with E-state index >= 15 is 0 Å². The molecule has 25 heavy (non-hydrogen) atoms. The van der Waals surface area contributed by atoms with Gasteiger partial charge >= 0.3 is 5.97 Å². The number of benzene rings is 2. The van der Waals surface area contributed by atoms with Crippen LogP contribution in [-0.4, -0.2) is 28.4 Å². The summed E-state index contributed by atoms with van der Waals surface area (Å²) < 4.78 is 11.2. The number of phenols is 1. The van der Waals surface area contributed by atoms with Crippen molar-refractivity contribution in [1.29, 1.82) is 0 Å². The van der Waals surface area contributed by atoms with Gasteiger partial charge in [-0.2, -0.15) is 0 Å². The Morgan fingerprint density at radius 3 is 2.24 bits per heavy atom. The molecule has 0 saturated heterocycles. The minimum absolute atomic E-state index is 0.234. The zero-order chi connectivity index (χ0) is 18.3. The summed E-state index contributed by atoms with van der Waals surface area (Å²) in [6, 6.07) is 13.7. The summed E-state index contributed by atoms with van der Waals surface area (Å²) in [4.78, 5) is 11.3. The lowest BCUT2D eigenvalue weighted by Crippen LogP contribution is -2.40. The van der Waals surface area contributed by atoms with Gasteiger partial charge in [-0.3, -0.25) is 0 Å². The van der Waals surface area contributed by atoms with Crippen molar-refractivity contribution in [3.05, 3.63) is 60.2 Å². The summed E-state index contributed by atoms with van der Waals surface area (Å²) in [6.07, 6.45) is 4.13. The lowest BCUT2D eigenvalue weighted by atomic mass is 10.0. The van der Waals surface area contributed by atoms with Crippen molar-refractivity contribution >= 4 is 12.0 Å². The molecule has 0 amide bonds. The van der Waals surface area contributed by atoms with Crippen LogP contribution >= 0.6 is 0 Å². The van der Waals surface area contributed by atoms with Gasteiger partial charge < -0.3 is 19.7 Å². The number of carboxylic acid groups (broad SMARTS) is 1. The van der Waals surface area contributed by atoms with Crippen LogP contribution in [0.25, 0.3) is 6.08 Å². The van der Waals surface area contributed by atoms with Crippen molar-refractivity contribution < 1.29 is 24.5 Å². The van der Waals surface area contributed by atoms with Crippen LogP contribution in [0.5, 0.6) is 17.2 Å². The average Bonchev–Trinajstić information content (AvgIpc) is 2.61. The predicted octanol–water partition coefficient (Wildman–Crippen LogP) is 4.12. The minimum Gasteiger partial charge on any atom is -0.508 e. The summed E-state index contributed by atoms with van der Waals surface area (Å²) in [6.45, 7) is 3.71. The first-order valence-electron chi connectivity index (χ1n) is 8.04. The highest BCUT2D eigenvalue weighted by molar-refractivity contribution is 5.77. The summed E-state index contributed by atoms with van der Waals surface area (Å²) in [7, 11) is 0. The van der Waals surface area contributed by atoms with Crippen molar-refractivity contribution in [3.63, 3.8) is 0 Å². The first-order valence-corrected chi connectivity index (χ1v) is 8.04. The van der Waals surface area contributed by atoms with Crippen molar-refractivity contribution in [2.75, 3.05) is 6.61 Å². The van der Waals surface area contributed by atoms with Gasteiger partial charge in [0.05, 0.1) is 0 Å². The predicted molar refractivity (Wildman–Crippen MR) is 96.0 cm³/mol. The van der Waals surface area contributed by atoms with E-state index in [9.17, 15) is 15.0 Å². The van der Waals surface area contributed by atoms with E-state index in [1.807, 2.05) is 24.3 Å². The second-order valence-corrected chi connectivity index (χ2v) is 5.77. The first-order chi connectivity index (χ1) is 11.9. The highest BCUT2D eigenvalue weighted by atomic mass is 16.5. The number of ether oxygens (including phenoxy) is 2. The molecule has 0 aliphatic heterocycles. The monoisotopic (exact) mass is 342 g/mol. The van der Waals surface area contributed by atoms with Crippen LogP contribution < -0.4 is 9.47 Å². The smallest absolute Gasteiger partial charge is 0.347 e. The Kier molecular flexibility index (Phi) is 6.06. The molecule has 2 rings (SSSR count). The van der Waals surface area contributed by atoms with Crippen LogP contribution in [0, 0.1) is 0 Å². The largest absolute Gasteiger partial charge is 0.508 e. The molecule has 5 nitrogen and oxygen atoms in total. The van der Waals surface area contributed by atoms with Gasteiger partial charge in [0.1, 0.15) is 23.9 Å². The number of hydrogen-bond acceptors (Lipinski definition) is 4. The topological polar surface area (TPSA) is 76.0 Å². The third kappa shape index (κ3) is 5.28. The fourth-order valence-electron chi connectivity index (χ4n) is 2.05. The van der Waals surface area contributed by atoms with E-state index in [1.54, 1.807) is 50.2 Å². The van der Waals surface area contributed by atoms with Gasteiger partial charge in [-0.15, -0.1) is 0 Å². The quantitative estimate of drug-likeness (QED) is 0.755. The molecule has 1 unspecified atom stereocenters. The number of aliphatic carboxylic acids is 1. The maximum absolute atomic E-state index is 11.3. The van der Waals surface area contributed by atoms with E-state index < -0.39 is 11.6 Å². The van der Waals surface area contributed by atoms with Gasteiger partial charge in [-0.05, 0) is 61.4 Å². The summed E-state index contributed by atoms with van der Waals surface area (Å²) in [5, 5.41) is 18.5. The Hall–Kier alpha value is -2.95. The molecule has 0 aliphatic rings. The van der Waals surface area contributed by atoms with Gasteiger partial charge in [0.25, 0.3) is 0 Å². The van der Waals surface area contributed by atoms with Crippen LogP contribution in [0.15, 0.2) is 54.6 Å². The van der Waals surface area contributed by atoms with E-state index in [-0.39, 0.29) is 5.75 Å². The minimum atomic E-state index is -1.24. The normalized spacial score (nSPS) is 13.4. The molecule has 0 aromatic heterocycles. The molecule has 0 aliphatic carbocycles. The molecule has 0 heterocycles. The second kappa shape index (κ2) is 8.24. The molecule has 0 bridgehead atoms. The molecule has 2 aromatic rings. The van der Waals surface area contributed by atoms with Crippen LogP contribution in [0.4, 0.5) is 0 Å². The molecule has 2 aromatic carbocycles. The fourth-order valence-corrected chi connectivity index (χ4v) is 2.05. The maximum atomic E-state index is 11.3. The van der Waals surface area contributed by atoms with Crippen LogP contribution in [0.1, 0.15) is 25.8 Å². The number of rotatable bonds is 8. The van der Waals surface area contributed by atoms with Gasteiger partial charge in [0.2, 0.25) is 5.60 Å². The molecule has 5 heteroatoms. The fraction of sp³-hybridized carbons (Fsp3) is 0.250. The van der Waals surface area contributed by atoms with E-state index in [1.165, 1.54) is 0 Å². The van der Waals surface area contributed by atoms with Crippen molar-refractivity contribution in [2.24, 2.45) is 0 Å². The lowest BCUT2D eigenvalue weighted by Gasteiger charge is -2.24. The Bertz CT molecular complexity index is 719. The molecular weight excluding hydrogens is 320 g/mol. The van der Waals surface area contributed by atoms with E-state index in [2.05, 4.69) is 0 Å². The molecule has 2 N–H and O–H groups in total. The molecule has 0 spiro atoms. The van der Waals surface area contributed by atoms with Crippen LogP contribution in [0.3, 0.4) is 0 Å². The third-order valence-electron chi connectivity index (χ3n) is 3.84. The Labute approximate surface area is 147 Å². The highest BCUT2D eigenvalue weighted by Crippen LogP contribution is 2.24. The Balaban J connectivity index is 1.88. The third-order valence-corrected chi connectivity index (χ3v) is 3.84. The average molecular weight is 342 g/mol. The van der Waals surface area contributed by atoms with Crippen molar-refractivity contribution in [1.82, 2.24) is 0 Å². The molecule has 0 fully saturated rings. The molecule has 0 saturated carbocycles.